The Morgan fingerprint density at radius 1 is 1.29 bits per heavy atom. The lowest BCUT2D eigenvalue weighted by atomic mass is 10.1. The summed E-state index contributed by atoms with van der Waals surface area (Å²) in [5.74, 6) is -0.557. The van der Waals surface area contributed by atoms with Crippen molar-refractivity contribution in [1.82, 2.24) is 0 Å². The van der Waals surface area contributed by atoms with Gasteiger partial charge in [0.15, 0.2) is 0 Å². The first-order valence-corrected chi connectivity index (χ1v) is 5.70. The Bertz CT molecular complexity index is 478. The first-order chi connectivity index (χ1) is 6.61. The highest BCUT2D eigenvalue weighted by Gasteiger charge is 2.17. The number of benzene rings is 1. The van der Waals surface area contributed by atoms with Crippen molar-refractivity contribution in [2.75, 3.05) is 0 Å². The van der Waals surface area contributed by atoms with E-state index in [-0.39, 0.29) is 10.9 Å². The summed E-state index contributed by atoms with van der Waals surface area (Å²) >= 11 is 3.17. The van der Waals surface area contributed by atoms with Crippen LogP contribution in [0.5, 0.6) is 0 Å². The Hall–Kier alpha value is -0.300. The van der Waals surface area contributed by atoms with Crippen LogP contribution in [-0.2, 0) is 0 Å². The Kier molecular flexibility index (Phi) is 2.70. The maximum atomic E-state index is 13.2. The third-order valence-corrected chi connectivity index (χ3v) is 4.15. The van der Waals surface area contributed by atoms with Crippen molar-refractivity contribution in [3.8, 4) is 0 Å². The number of alkyl halides is 2. The van der Waals surface area contributed by atoms with E-state index in [9.17, 15) is 13.2 Å². The molecule has 0 fully saturated rings. The van der Waals surface area contributed by atoms with Crippen molar-refractivity contribution in [2.45, 2.75) is 6.43 Å². The van der Waals surface area contributed by atoms with Crippen LogP contribution in [0.1, 0.15) is 12.0 Å². The maximum absolute atomic E-state index is 13.2. The normalized spacial score (nSPS) is 11.5. The average Bonchev–Trinajstić information content (AvgIpc) is 2.50. The van der Waals surface area contributed by atoms with Crippen LogP contribution >= 0.6 is 33.9 Å². The number of thiophene rings is 1. The van der Waals surface area contributed by atoms with Gasteiger partial charge in [-0.05, 0) is 28.7 Å². The minimum Gasteiger partial charge on any atom is -0.205 e. The highest BCUT2D eigenvalue weighted by atomic mass is 127. The van der Waals surface area contributed by atoms with E-state index in [0.29, 0.717) is 4.70 Å². The molecule has 1 aromatic heterocycles. The van der Waals surface area contributed by atoms with Crippen LogP contribution < -0.4 is 0 Å². The van der Waals surface area contributed by atoms with E-state index in [1.165, 1.54) is 11.4 Å². The van der Waals surface area contributed by atoms with Gasteiger partial charge in [-0.2, -0.15) is 0 Å². The van der Waals surface area contributed by atoms with Gasteiger partial charge in [-0.1, -0.05) is 6.07 Å². The van der Waals surface area contributed by atoms with Crippen LogP contribution in [0.4, 0.5) is 13.2 Å². The Balaban J connectivity index is 2.85. The smallest absolute Gasteiger partial charge is 0.205 e. The van der Waals surface area contributed by atoms with Gasteiger partial charge in [0.2, 0.25) is 0 Å². The molecule has 0 unspecified atom stereocenters. The summed E-state index contributed by atoms with van der Waals surface area (Å²) in [7, 11) is 0. The molecule has 0 atom stereocenters. The van der Waals surface area contributed by atoms with Gasteiger partial charge >= 0.3 is 0 Å². The van der Waals surface area contributed by atoms with E-state index in [1.54, 1.807) is 6.07 Å². The molecular formula is C9H4F3IS. The Labute approximate surface area is 95.9 Å². The second-order valence-corrected chi connectivity index (χ2v) is 4.77. The number of hydrogen-bond acceptors (Lipinski definition) is 1. The lowest BCUT2D eigenvalue weighted by Gasteiger charge is -2.02. The molecular weight excluding hydrogens is 324 g/mol. The van der Waals surface area contributed by atoms with Gasteiger partial charge in [-0.25, -0.2) is 13.2 Å². The third kappa shape index (κ3) is 1.52. The van der Waals surface area contributed by atoms with E-state index in [0.717, 1.165) is 14.9 Å². The highest BCUT2D eigenvalue weighted by Crippen LogP contribution is 2.35. The van der Waals surface area contributed by atoms with Gasteiger partial charge in [0, 0.05) is 19.9 Å². The number of rotatable bonds is 1. The largest absolute Gasteiger partial charge is 0.264 e. The predicted molar refractivity (Wildman–Crippen MR) is 59.5 cm³/mol. The van der Waals surface area contributed by atoms with E-state index >= 15 is 0 Å². The molecule has 5 heteroatoms. The highest BCUT2D eigenvalue weighted by molar-refractivity contribution is 14.1. The fourth-order valence-corrected chi connectivity index (χ4v) is 2.97. The van der Waals surface area contributed by atoms with Crippen LogP contribution in [-0.4, -0.2) is 0 Å². The maximum Gasteiger partial charge on any atom is 0.264 e. The molecule has 1 aromatic carbocycles. The fourth-order valence-electron chi connectivity index (χ4n) is 1.29. The Morgan fingerprint density at radius 3 is 2.64 bits per heavy atom. The van der Waals surface area contributed by atoms with Crippen molar-refractivity contribution in [1.29, 1.82) is 0 Å². The van der Waals surface area contributed by atoms with Gasteiger partial charge in [0.05, 0.1) is 4.70 Å². The molecule has 0 aliphatic heterocycles. The van der Waals surface area contributed by atoms with Crippen molar-refractivity contribution in [3.63, 3.8) is 0 Å². The van der Waals surface area contributed by atoms with Crippen LogP contribution in [0.3, 0.4) is 0 Å². The zero-order chi connectivity index (χ0) is 10.3. The summed E-state index contributed by atoms with van der Waals surface area (Å²) in [4.78, 5) is 0. The topological polar surface area (TPSA) is 0 Å². The molecule has 0 amide bonds. The molecule has 14 heavy (non-hydrogen) atoms. The van der Waals surface area contributed by atoms with Crippen molar-refractivity contribution >= 4 is 44.0 Å². The summed E-state index contributed by atoms with van der Waals surface area (Å²) in [6.45, 7) is 0. The first-order valence-electron chi connectivity index (χ1n) is 3.74. The Morgan fingerprint density at radius 2 is 2.00 bits per heavy atom. The second kappa shape index (κ2) is 3.69. The molecule has 1 heterocycles. The molecule has 2 aromatic rings. The molecule has 0 spiro atoms. The molecule has 0 aliphatic carbocycles. The fraction of sp³-hybridized carbons (Fsp3) is 0.111. The van der Waals surface area contributed by atoms with E-state index in [4.69, 9.17) is 0 Å². The minimum absolute atomic E-state index is 0.0666. The van der Waals surface area contributed by atoms with Crippen molar-refractivity contribution < 1.29 is 13.2 Å². The molecule has 0 N–H and O–H groups in total. The van der Waals surface area contributed by atoms with E-state index in [2.05, 4.69) is 0 Å². The molecule has 74 valence electrons. The molecule has 0 radical (unpaired) electrons. The molecule has 2 rings (SSSR count). The van der Waals surface area contributed by atoms with Crippen LogP contribution in [0.25, 0.3) is 10.1 Å². The van der Waals surface area contributed by atoms with E-state index in [1.807, 2.05) is 22.6 Å². The molecule has 0 nitrogen and oxygen atoms in total. The summed E-state index contributed by atoms with van der Waals surface area (Å²) < 4.78 is 39.7. The number of fused-ring (bicyclic) bond motifs is 1. The average molecular weight is 328 g/mol. The van der Waals surface area contributed by atoms with Crippen LogP contribution in [0, 0.1) is 9.39 Å². The molecule has 0 saturated heterocycles. The molecule has 0 aliphatic rings. The second-order valence-electron chi connectivity index (χ2n) is 2.73. The SMILES string of the molecule is Fc1csc2c(I)ccc(C(F)F)c12. The third-order valence-electron chi connectivity index (χ3n) is 1.90. The lowest BCUT2D eigenvalue weighted by molar-refractivity contribution is 0.153. The quantitative estimate of drug-likeness (QED) is 0.672. The standard InChI is InChI=1S/C9H4F3IS/c10-5-3-14-8-6(13)2-1-4(7(5)8)9(11)12/h1-3,9H. The van der Waals surface area contributed by atoms with Gasteiger partial charge in [-0.15, -0.1) is 11.3 Å². The van der Waals surface area contributed by atoms with Crippen molar-refractivity contribution in [2.24, 2.45) is 0 Å². The molecule has 0 bridgehead atoms. The predicted octanol–water partition coefficient (Wildman–Crippen LogP) is 4.58. The van der Waals surface area contributed by atoms with Crippen molar-refractivity contribution in [3.05, 3.63) is 32.5 Å². The van der Waals surface area contributed by atoms with Gasteiger partial charge in [0.25, 0.3) is 6.43 Å². The number of halogens is 4. The summed E-state index contributed by atoms with van der Waals surface area (Å²) in [5.41, 5.74) is -0.223. The van der Waals surface area contributed by atoms with E-state index < -0.39 is 12.2 Å². The van der Waals surface area contributed by atoms with Gasteiger partial charge in [-0.3, -0.25) is 0 Å². The first kappa shape index (κ1) is 10.2. The van der Waals surface area contributed by atoms with Gasteiger partial charge < -0.3 is 0 Å². The van der Waals surface area contributed by atoms with Crippen LogP contribution in [0.15, 0.2) is 17.5 Å². The lowest BCUT2D eigenvalue weighted by Crippen LogP contribution is -1.87. The zero-order valence-electron chi connectivity index (χ0n) is 6.73. The number of hydrogen-bond donors (Lipinski definition) is 0. The monoisotopic (exact) mass is 328 g/mol. The molecule has 0 saturated carbocycles. The summed E-state index contributed by atoms with van der Waals surface area (Å²) in [6.07, 6.45) is -2.63. The zero-order valence-corrected chi connectivity index (χ0v) is 9.70. The summed E-state index contributed by atoms with van der Waals surface area (Å²) in [6, 6.07) is 2.87. The van der Waals surface area contributed by atoms with Gasteiger partial charge in [0.1, 0.15) is 5.82 Å². The minimum atomic E-state index is -2.63. The van der Waals surface area contributed by atoms with Crippen LogP contribution in [0.2, 0.25) is 0 Å². The summed E-state index contributed by atoms with van der Waals surface area (Å²) in [5, 5.41) is 1.33.